The SMILES string of the molecule is CC(=O)N1CCCC(c2ncc3c(n2)CCN(CC(=O)N2CCC2)C3)C1. The van der Waals surface area contributed by atoms with Crippen molar-refractivity contribution in [2.75, 3.05) is 39.3 Å². The number of aromatic nitrogens is 2. The second-order valence-corrected chi connectivity index (χ2v) is 7.70. The van der Waals surface area contributed by atoms with Gasteiger partial charge in [-0.2, -0.15) is 0 Å². The van der Waals surface area contributed by atoms with Gasteiger partial charge in [-0.1, -0.05) is 0 Å². The molecule has 0 aliphatic carbocycles. The maximum absolute atomic E-state index is 12.2. The molecule has 1 unspecified atom stereocenters. The Morgan fingerprint density at radius 2 is 1.96 bits per heavy atom. The van der Waals surface area contributed by atoms with E-state index in [9.17, 15) is 9.59 Å². The van der Waals surface area contributed by atoms with Crippen LogP contribution in [0.4, 0.5) is 0 Å². The van der Waals surface area contributed by atoms with Crippen LogP contribution < -0.4 is 0 Å². The van der Waals surface area contributed by atoms with Gasteiger partial charge in [-0.3, -0.25) is 14.5 Å². The number of hydrogen-bond donors (Lipinski definition) is 0. The minimum Gasteiger partial charge on any atom is -0.342 e. The lowest BCUT2D eigenvalue weighted by atomic mass is 9.96. The molecule has 1 atom stereocenters. The molecule has 4 rings (SSSR count). The monoisotopic (exact) mass is 357 g/mol. The first-order valence-electron chi connectivity index (χ1n) is 9.70. The van der Waals surface area contributed by atoms with Gasteiger partial charge >= 0.3 is 0 Å². The molecule has 1 aromatic rings. The Morgan fingerprint density at radius 1 is 1.15 bits per heavy atom. The minimum absolute atomic E-state index is 0.134. The van der Waals surface area contributed by atoms with Crippen molar-refractivity contribution in [3.8, 4) is 0 Å². The predicted octanol–water partition coefficient (Wildman–Crippen LogP) is 0.793. The summed E-state index contributed by atoms with van der Waals surface area (Å²) >= 11 is 0. The summed E-state index contributed by atoms with van der Waals surface area (Å²) in [5, 5.41) is 0. The summed E-state index contributed by atoms with van der Waals surface area (Å²) in [6.07, 6.45) is 5.98. The molecule has 4 heterocycles. The average molecular weight is 357 g/mol. The molecule has 0 bridgehead atoms. The highest BCUT2D eigenvalue weighted by Crippen LogP contribution is 2.26. The van der Waals surface area contributed by atoms with E-state index in [1.165, 1.54) is 0 Å². The van der Waals surface area contributed by atoms with E-state index in [1.54, 1.807) is 6.92 Å². The lowest BCUT2D eigenvalue weighted by Gasteiger charge is -2.35. The fourth-order valence-electron chi connectivity index (χ4n) is 4.05. The molecule has 26 heavy (non-hydrogen) atoms. The van der Waals surface area contributed by atoms with Gasteiger partial charge in [-0.05, 0) is 19.3 Å². The molecule has 2 amide bonds. The first kappa shape index (κ1) is 17.4. The van der Waals surface area contributed by atoms with Gasteiger partial charge in [-0.15, -0.1) is 0 Å². The summed E-state index contributed by atoms with van der Waals surface area (Å²) in [5.41, 5.74) is 2.25. The van der Waals surface area contributed by atoms with Crippen molar-refractivity contribution >= 4 is 11.8 Å². The van der Waals surface area contributed by atoms with E-state index in [1.807, 2.05) is 16.0 Å². The van der Waals surface area contributed by atoms with E-state index >= 15 is 0 Å². The van der Waals surface area contributed by atoms with Crippen LogP contribution in [-0.4, -0.2) is 75.8 Å². The van der Waals surface area contributed by atoms with Crippen LogP contribution in [0.1, 0.15) is 49.2 Å². The van der Waals surface area contributed by atoms with Gasteiger partial charge in [0, 0.05) is 76.0 Å². The number of fused-ring (bicyclic) bond motifs is 1. The van der Waals surface area contributed by atoms with Gasteiger partial charge in [0.2, 0.25) is 11.8 Å². The zero-order valence-electron chi connectivity index (χ0n) is 15.5. The molecule has 7 nitrogen and oxygen atoms in total. The van der Waals surface area contributed by atoms with Gasteiger partial charge in [0.05, 0.1) is 6.54 Å². The average Bonchev–Trinajstić information content (AvgIpc) is 2.60. The largest absolute Gasteiger partial charge is 0.342 e. The van der Waals surface area contributed by atoms with Crippen molar-refractivity contribution in [3.05, 3.63) is 23.3 Å². The number of piperidine rings is 1. The van der Waals surface area contributed by atoms with Gasteiger partial charge in [-0.25, -0.2) is 9.97 Å². The molecule has 7 heteroatoms. The third-order valence-electron chi connectivity index (χ3n) is 5.83. The molecule has 0 radical (unpaired) electrons. The van der Waals surface area contributed by atoms with E-state index < -0.39 is 0 Å². The van der Waals surface area contributed by atoms with Crippen LogP contribution in [-0.2, 0) is 22.6 Å². The van der Waals surface area contributed by atoms with Crippen LogP contribution in [0.5, 0.6) is 0 Å². The van der Waals surface area contributed by atoms with Crippen molar-refractivity contribution in [1.82, 2.24) is 24.7 Å². The van der Waals surface area contributed by atoms with E-state index in [0.717, 1.165) is 82.0 Å². The first-order valence-corrected chi connectivity index (χ1v) is 9.70. The maximum Gasteiger partial charge on any atom is 0.236 e. The van der Waals surface area contributed by atoms with Gasteiger partial charge < -0.3 is 9.80 Å². The Bertz CT molecular complexity index is 703. The first-order chi connectivity index (χ1) is 12.6. The highest BCUT2D eigenvalue weighted by Gasteiger charge is 2.28. The number of rotatable bonds is 3. The summed E-state index contributed by atoms with van der Waals surface area (Å²) in [5.74, 6) is 1.49. The van der Waals surface area contributed by atoms with Crippen molar-refractivity contribution in [3.63, 3.8) is 0 Å². The summed E-state index contributed by atoms with van der Waals surface area (Å²) < 4.78 is 0. The lowest BCUT2D eigenvalue weighted by Crippen LogP contribution is -2.48. The highest BCUT2D eigenvalue weighted by molar-refractivity contribution is 5.79. The number of hydrogen-bond acceptors (Lipinski definition) is 5. The predicted molar refractivity (Wildman–Crippen MR) is 96.4 cm³/mol. The zero-order chi connectivity index (χ0) is 18.1. The van der Waals surface area contributed by atoms with Gasteiger partial charge in [0.15, 0.2) is 0 Å². The molecule has 3 aliphatic heterocycles. The Kier molecular flexibility index (Phi) is 4.89. The topological polar surface area (TPSA) is 69.6 Å². The Labute approximate surface area is 154 Å². The summed E-state index contributed by atoms with van der Waals surface area (Å²) in [6.45, 7) is 7.14. The zero-order valence-corrected chi connectivity index (χ0v) is 15.5. The molecule has 0 spiro atoms. The normalized spacial score (nSPS) is 23.3. The molecule has 2 fully saturated rings. The van der Waals surface area contributed by atoms with E-state index in [2.05, 4.69) is 9.88 Å². The Balaban J connectivity index is 1.40. The van der Waals surface area contributed by atoms with E-state index in [0.29, 0.717) is 6.54 Å². The van der Waals surface area contributed by atoms with Crippen LogP contribution in [0, 0.1) is 0 Å². The molecule has 0 saturated carbocycles. The third-order valence-corrected chi connectivity index (χ3v) is 5.83. The number of carbonyl (C=O) groups excluding carboxylic acids is 2. The van der Waals surface area contributed by atoms with Crippen molar-refractivity contribution in [1.29, 1.82) is 0 Å². The maximum atomic E-state index is 12.2. The number of likely N-dealkylation sites (tertiary alicyclic amines) is 2. The second-order valence-electron chi connectivity index (χ2n) is 7.70. The number of nitrogens with zero attached hydrogens (tertiary/aromatic N) is 5. The van der Waals surface area contributed by atoms with Crippen molar-refractivity contribution in [2.24, 2.45) is 0 Å². The second kappa shape index (κ2) is 7.31. The molecule has 3 aliphatic rings. The highest BCUT2D eigenvalue weighted by atomic mass is 16.2. The van der Waals surface area contributed by atoms with E-state index in [4.69, 9.17) is 4.98 Å². The van der Waals surface area contributed by atoms with Crippen molar-refractivity contribution in [2.45, 2.75) is 45.1 Å². The molecule has 0 aromatic carbocycles. The quantitative estimate of drug-likeness (QED) is 0.800. The molecule has 0 N–H and O–H groups in total. The smallest absolute Gasteiger partial charge is 0.236 e. The summed E-state index contributed by atoms with van der Waals surface area (Å²) in [7, 11) is 0. The number of carbonyl (C=O) groups is 2. The van der Waals surface area contributed by atoms with Crippen LogP contribution in [0.3, 0.4) is 0 Å². The lowest BCUT2D eigenvalue weighted by molar-refractivity contribution is -0.136. The van der Waals surface area contributed by atoms with Crippen LogP contribution in [0.2, 0.25) is 0 Å². The van der Waals surface area contributed by atoms with Gasteiger partial charge in [0.1, 0.15) is 5.82 Å². The molecular formula is C19H27N5O2. The molecule has 1 aromatic heterocycles. The summed E-state index contributed by atoms with van der Waals surface area (Å²) in [6, 6.07) is 0. The number of amides is 2. The fourth-order valence-corrected chi connectivity index (χ4v) is 4.05. The molecule has 2 saturated heterocycles. The standard InChI is InChI=1S/C19H27N5O2/c1-14(25)24-6-2-4-15(12-24)19-20-10-16-11-22(9-5-17(16)21-19)13-18(26)23-7-3-8-23/h10,15H,2-9,11-13H2,1H3. The van der Waals surface area contributed by atoms with Crippen molar-refractivity contribution < 1.29 is 9.59 Å². The minimum atomic E-state index is 0.134. The molecule has 140 valence electrons. The summed E-state index contributed by atoms with van der Waals surface area (Å²) in [4.78, 5) is 39.3. The van der Waals surface area contributed by atoms with Crippen LogP contribution >= 0.6 is 0 Å². The molecular weight excluding hydrogens is 330 g/mol. The van der Waals surface area contributed by atoms with Gasteiger partial charge in [0.25, 0.3) is 0 Å². The third kappa shape index (κ3) is 3.58. The van der Waals surface area contributed by atoms with Crippen LogP contribution in [0.25, 0.3) is 0 Å². The Hall–Kier alpha value is -2.02. The van der Waals surface area contributed by atoms with Crippen LogP contribution in [0.15, 0.2) is 6.20 Å². The van der Waals surface area contributed by atoms with E-state index in [-0.39, 0.29) is 17.7 Å². The Morgan fingerprint density at radius 3 is 2.69 bits per heavy atom. The fraction of sp³-hybridized carbons (Fsp3) is 0.684.